The molecule has 1 atom stereocenters. The van der Waals surface area contributed by atoms with E-state index in [1.165, 1.54) is 6.33 Å². The van der Waals surface area contributed by atoms with Gasteiger partial charge >= 0.3 is 0 Å². The first-order valence-corrected chi connectivity index (χ1v) is 6.90. The second-order valence-electron chi connectivity index (χ2n) is 5.50. The Hall–Kier alpha value is -2.40. The minimum atomic E-state index is -0.131. The number of benzene rings is 1. The number of aromatic nitrogens is 3. The summed E-state index contributed by atoms with van der Waals surface area (Å²) < 4.78 is 1.62. The summed E-state index contributed by atoms with van der Waals surface area (Å²) in [6.07, 6.45) is 3.29. The van der Waals surface area contributed by atoms with Crippen LogP contribution in [0.4, 0.5) is 0 Å². The summed E-state index contributed by atoms with van der Waals surface area (Å²) in [5.41, 5.74) is 11.7. The van der Waals surface area contributed by atoms with Crippen molar-refractivity contribution in [2.24, 2.45) is 5.73 Å². The number of nitrogens with zero attached hydrogens (tertiary/aromatic N) is 2. The number of fused-ring (bicyclic) bond motifs is 1. The lowest BCUT2D eigenvalue weighted by Gasteiger charge is -2.10. The van der Waals surface area contributed by atoms with Gasteiger partial charge in [0.25, 0.3) is 5.56 Å². The molecule has 0 saturated heterocycles. The topological polar surface area (TPSA) is 76.2 Å². The number of aromatic amines is 1. The molecule has 108 valence electrons. The van der Waals surface area contributed by atoms with Gasteiger partial charge in [0.15, 0.2) is 0 Å². The third kappa shape index (κ3) is 2.25. The van der Waals surface area contributed by atoms with E-state index in [-0.39, 0.29) is 11.6 Å². The Bertz CT molecular complexity index is 874. The normalized spacial score (nSPS) is 12.8. The van der Waals surface area contributed by atoms with Gasteiger partial charge in [0, 0.05) is 17.8 Å². The van der Waals surface area contributed by atoms with Crippen molar-refractivity contribution in [1.82, 2.24) is 14.6 Å². The van der Waals surface area contributed by atoms with Crippen molar-refractivity contribution >= 4 is 5.52 Å². The van der Waals surface area contributed by atoms with E-state index in [2.05, 4.69) is 28.3 Å². The Morgan fingerprint density at radius 2 is 2.05 bits per heavy atom. The number of nitrogens with one attached hydrogen (secondary N) is 1. The van der Waals surface area contributed by atoms with E-state index in [1.807, 2.05) is 27.0 Å². The van der Waals surface area contributed by atoms with Gasteiger partial charge in [-0.05, 0) is 43.5 Å². The number of hydrogen-bond acceptors (Lipinski definition) is 3. The SMILES string of the molecule is Cc1cc(-c2cn3nc[nH]c(=O)c3c2C)cc([C@@H](C)N)c1. The van der Waals surface area contributed by atoms with E-state index in [1.54, 1.807) is 4.52 Å². The number of aryl methyl sites for hydroxylation is 2. The summed E-state index contributed by atoms with van der Waals surface area (Å²) in [6, 6.07) is 6.24. The Morgan fingerprint density at radius 3 is 2.71 bits per heavy atom. The zero-order valence-corrected chi connectivity index (χ0v) is 12.3. The molecular formula is C16H18N4O. The van der Waals surface area contributed by atoms with Crippen LogP contribution in [0.1, 0.15) is 29.7 Å². The molecule has 0 radical (unpaired) electrons. The van der Waals surface area contributed by atoms with Crippen molar-refractivity contribution in [2.45, 2.75) is 26.8 Å². The lowest BCUT2D eigenvalue weighted by atomic mass is 9.97. The quantitative estimate of drug-likeness (QED) is 0.757. The lowest BCUT2D eigenvalue weighted by molar-refractivity contribution is 0.817. The van der Waals surface area contributed by atoms with Crippen LogP contribution in [-0.2, 0) is 0 Å². The maximum absolute atomic E-state index is 11.9. The van der Waals surface area contributed by atoms with Crippen LogP contribution < -0.4 is 11.3 Å². The second-order valence-corrected chi connectivity index (χ2v) is 5.50. The molecule has 0 aliphatic heterocycles. The van der Waals surface area contributed by atoms with Gasteiger partial charge in [0.1, 0.15) is 11.8 Å². The predicted molar refractivity (Wildman–Crippen MR) is 83.3 cm³/mol. The molecule has 2 heterocycles. The van der Waals surface area contributed by atoms with Crippen LogP contribution in [0.25, 0.3) is 16.6 Å². The first-order valence-electron chi connectivity index (χ1n) is 6.90. The third-order valence-electron chi connectivity index (χ3n) is 3.77. The van der Waals surface area contributed by atoms with Gasteiger partial charge in [-0.2, -0.15) is 5.10 Å². The maximum Gasteiger partial charge on any atom is 0.275 e. The highest BCUT2D eigenvalue weighted by atomic mass is 16.1. The summed E-state index contributed by atoms with van der Waals surface area (Å²) in [5, 5.41) is 4.17. The molecule has 21 heavy (non-hydrogen) atoms. The van der Waals surface area contributed by atoms with Crippen LogP contribution in [0.5, 0.6) is 0 Å². The van der Waals surface area contributed by atoms with Crippen molar-refractivity contribution in [1.29, 1.82) is 0 Å². The van der Waals surface area contributed by atoms with Gasteiger partial charge in [0.05, 0.1) is 0 Å². The van der Waals surface area contributed by atoms with Crippen LogP contribution >= 0.6 is 0 Å². The summed E-state index contributed by atoms with van der Waals surface area (Å²) in [5.74, 6) is 0. The Balaban J connectivity index is 2.28. The zero-order chi connectivity index (χ0) is 15.1. The molecule has 5 heteroatoms. The Morgan fingerprint density at radius 1 is 1.29 bits per heavy atom. The molecule has 5 nitrogen and oxygen atoms in total. The van der Waals surface area contributed by atoms with Crippen LogP contribution in [0.3, 0.4) is 0 Å². The van der Waals surface area contributed by atoms with Gasteiger partial charge in [-0.25, -0.2) is 4.52 Å². The van der Waals surface area contributed by atoms with Crippen molar-refractivity contribution in [3.05, 3.63) is 57.8 Å². The average molecular weight is 282 g/mol. The highest BCUT2D eigenvalue weighted by Crippen LogP contribution is 2.29. The molecule has 3 rings (SSSR count). The van der Waals surface area contributed by atoms with E-state index in [9.17, 15) is 4.79 Å². The molecular weight excluding hydrogens is 264 g/mol. The van der Waals surface area contributed by atoms with Crippen LogP contribution in [0.2, 0.25) is 0 Å². The lowest BCUT2D eigenvalue weighted by Crippen LogP contribution is -2.10. The number of H-pyrrole nitrogens is 1. The molecule has 3 aromatic rings. The van der Waals surface area contributed by atoms with Crippen LogP contribution in [0, 0.1) is 13.8 Å². The van der Waals surface area contributed by atoms with Gasteiger partial charge < -0.3 is 10.7 Å². The molecule has 0 spiro atoms. The molecule has 0 aliphatic rings. The highest BCUT2D eigenvalue weighted by molar-refractivity contribution is 5.76. The minimum Gasteiger partial charge on any atom is -0.324 e. The molecule has 0 bridgehead atoms. The highest BCUT2D eigenvalue weighted by Gasteiger charge is 2.13. The fourth-order valence-electron chi connectivity index (χ4n) is 2.69. The van der Waals surface area contributed by atoms with E-state index in [4.69, 9.17) is 5.73 Å². The molecule has 1 aromatic carbocycles. The van der Waals surface area contributed by atoms with Gasteiger partial charge in [0.2, 0.25) is 0 Å². The molecule has 0 fully saturated rings. The van der Waals surface area contributed by atoms with E-state index in [0.717, 1.165) is 27.8 Å². The van der Waals surface area contributed by atoms with E-state index < -0.39 is 0 Å². The smallest absolute Gasteiger partial charge is 0.275 e. The first kappa shape index (κ1) is 13.6. The van der Waals surface area contributed by atoms with Crippen molar-refractivity contribution in [3.8, 4) is 11.1 Å². The summed E-state index contributed by atoms with van der Waals surface area (Å²) in [4.78, 5) is 14.6. The predicted octanol–water partition coefficient (Wildman–Crippen LogP) is 2.33. The van der Waals surface area contributed by atoms with Crippen LogP contribution in [-0.4, -0.2) is 14.6 Å². The largest absolute Gasteiger partial charge is 0.324 e. The van der Waals surface area contributed by atoms with Gasteiger partial charge in [-0.3, -0.25) is 4.79 Å². The number of nitrogens with two attached hydrogens (primary N) is 1. The number of hydrogen-bond donors (Lipinski definition) is 2. The average Bonchev–Trinajstić information content (AvgIpc) is 2.77. The van der Waals surface area contributed by atoms with E-state index >= 15 is 0 Å². The molecule has 0 amide bonds. The second kappa shape index (κ2) is 4.86. The van der Waals surface area contributed by atoms with Crippen molar-refractivity contribution in [3.63, 3.8) is 0 Å². The first-order chi connectivity index (χ1) is 9.97. The molecule has 2 aromatic heterocycles. The third-order valence-corrected chi connectivity index (χ3v) is 3.77. The van der Waals surface area contributed by atoms with Crippen molar-refractivity contribution in [2.75, 3.05) is 0 Å². The van der Waals surface area contributed by atoms with Gasteiger partial charge in [-0.1, -0.05) is 17.7 Å². The molecule has 0 unspecified atom stereocenters. The van der Waals surface area contributed by atoms with Crippen LogP contribution in [0.15, 0.2) is 35.5 Å². The van der Waals surface area contributed by atoms with Crippen molar-refractivity contribution < 1.29 is 0 Å². The zero-order valence-electron chi connectivity index (χ0n) is 12.3. The number of rotatable bonds is 2. The standard InChI is InChI=1S/C16H18N4O/c1-9-4-12(11(3)17)6-13(5-9)14-7-20-15(10(14)2)16(21)18-8-19-20/h4-8,11H,17H2,1-3H3,(H,18,19,21)/t11-/m1/s1. The summed E-state index contributed by atoms with van der Waals surface area (Å²) >= 11 is 0. The van der Waals surface area contributed by atoms with E-state index in [0.29, 0.717) is 5.52 Å². The minimum absolute atomic E-state index is 0.0254. The molecule has 0 aliphatic carbocycles. The fourth-order valence-corrected chi connectivity index (χ4v) is 2.69. The Labute approximate surface area is 122 Å². The summed E-state index contributed by atoms with van der Waals surface area (Å²) in [7, 11) is 0. The fraction of sp³-hybridized carbons (Fsp3) is 0.250. The molecule has 0 saturated carbocycles. The Kier molecular flexibility index (Phi) is 3.14. The summed E-state index contributed by atoms with van der Waals surface area (Å²) in [6.45, 7) is 5.95. The molecule has 3 N–H and O–H groups in total. The van der Waals surface area contributed by atoms with Gasteiger partial charge in [-0.15, -0.1) is 0 Å². The monoisotopic (exact) mass is 282 g/mol. The maximum atomic E-state index is 11.9.